The summed E-state index contributed by atoms with van der Waals surface area (Å²) in [7, 11) is 0. The van der Waals surface area contributed by atoms with Gasteiger partial charge >= 0.3 is 0 Å². The zero-order valence-corrected chi connectivity index (χ0v) is 17.1. The number of nitro benzene ring substituents is 1. The number of carbonyl (C=O) groups excluding carboxylic acids is 2. The summed E-state index contributed by atoms with van der Waals surface area (Å²) < 4.78 is 0.623. The Bertz CT molecular complexity index is 870. The van der Waals surface area contributed by atoms with Gasteiger partial charge in [-0.1, -0.05) is 19.1 Å². The molecule has 0 heterocycles. The van der Waals surface area contributed by atoms with Crippen molar-refractivity contribution in [1.29, 1.82) is 0 Å². The summed E-state index contributed by atoms with van der Waals surface area (Å²) in [5.41, 5.74) is 1.40. The lowest BCUT2D eigenvalue weighted by Gasteiger charge is -2.12. The van der Waals surface area contributed by atoms with Crippen LogP contribution in [0.4, 0.5) is 5.69 Å². The van der Waals surface area contributed by atoms with Gasteiger partial charge in [0.1, 0.15) is 0 Å². The number of hydrogen-bond acceptors (Lipinski definition) is 4. The fourth-order valence-electron chi connectivity index (χ4n) is 2.31. The number of non-ortho nitro benzene ring substituents is 1. The monoisotopic (exact) mass is 481 g/mol. The number of halogens is 1. The highest BCUT2D eigenvalue weighted by molar-refractivity contribution is 14.1. The molecule has 1 atom stereocenters. The zero-order chi connectivity index (χ0) is 20.0. The van der Waals surface area contributed by atoms with E-state index in [1.165, 1.54) is 18.2 Å². The standard InChI is InChI=1S/C19H20IN3O4/c1-3-12(2)22-18(24)14-6-4-5-13(9-14)11-21-19(25)16-10-15(23(26)27)7-8-17(16)20/h4-10,12H,3,11H2,1-2H3,(H,21,25)(H,22,24). The highest BCUT2D eigenvalue weighted by Crippen LogP contribution is 2.19. The minimum atomic E-state index is -0.535. The molecule has 2 N–H and O–H groups in total. The van der Waals surface area contributed by atoms with Crippen molar-refractivity contribution in [2.24, 2.45) is 0 Å². The maximum atomic E-state index is 12.4. The Kier molecular flexibility index (Phi) is 7.28. The van der Waals surface area contributed by atoms with Crippen LogP contribution in [-0.4, -0.2) is 22.8 Å². The van der Waals surface area contributed by atoms with Crippen LogP contribution < -0.4 is 10.6 Å². The van der Waals surface area contributed by atoms with E-state index < -0.39 is 10.8 Å². The summed E-state index contributed by atoms with van der Waals surface area (Å²) in [5.74, 6) is -0.566. The Morgan fingerprint density at radius 3 is 2.59 bits per heavy atom. The summed E-state index contributed by atoms with van der Waals surface area (Å²) in [4.78, 5) is 35.0. The maximum absolute atomic E-state index is 12.4. The first-order valence-electron chi connectivity index (χ1n) is 8.43. The zero-order valence-electron chi connectivity index (χ0n) is 15.0. The van der Waals surface area contributed by atoms with Gasteiger partial charge in [-0.15, -0.1) is 0 Å². The molecule has 0 aliphatic heterocycles. The molecule has 0 bridgehead atoms. The summed E-state index contributed by atoms with van der Waals surface area (Å²) in [5, 5.41) is 16.5. The number of hydrogen-bond donors (Lipinski definition) is 2. The lowest BCUT2D eigenvalue weighted by atomic mass is 10.1. The molecule has 2 aromatic carbocycles. The topological polar surface area (TPSA) is 101 Å². The minimum Gasteiger partial charge on any atom is -0.350 e. The van der Waals surface area contributed by atoms with Crippen LogP contribution in [0.1, 0.15) is 46.5 Å². The second-order valence-electron chi connectivity index (χ2n) is 6.09. The maximum Gasteiger partial charge on any atom is 0.270 e. The van der Waals surface area contributed by atoms with E-state index in [1.807, 2.05) is 36.4 Å². The molecule has 27 heavy (non-hydrogen) atoms. The normalized spacial score (nSPS) is 11.5. The van der Waals surface area contributed by atoms with Crippen molar-refractivity contribution >= 4 is 40.1 Å². The van der Waals surface area contributed by atoms with Crippen molar-refractivity contribution in [3.8, 4) is 0 Å². The van der Waals surface area contributed by atoms with Gasteiger partial charge in [0.15, 0.2) is 0 Å². The summed E-state index contributed by atoms with van der Waals surface area (Å²) in [6.45, 7) is 4.14. The smallest absolute Gasteiger partial charge is 0.270 e. The molecule has 142 valence electrons. The summed E-state index contributed by atoms with van der Waals surface area (Å²) >= 11 is 1.96. The average molecular weight is 481 g/mol. The van der Waals surface area contributed by atoms with E-state index in [0.29, 0.717) is 9.13 Å². The largest absolute Gasteiger partial charge is 0.350 e. The fraction of sp³-hybridized carbons (Fsp3) is 0.263. The first kappa shape index (κ1) is 20.8. The highest BCUT2D eigenvalue weighted by Gasteiger charge is 2.15. The number of rotatable bonds is 7. The van der Waals surface area contributed by atoms with Crippen LogP contribution in [0.25, 0.3) is 0 Å². The van der Waals surface area contributed by atoms with Gasteiger partial charge in [0.05, 0.1) is 10.5 Å². The number of nitrogens with zero attached hydrogens (tertiary/aromatic N) is 1. The van der Waals surface area contributed by atoms with Crippen molar-refractivity contribution in [3.05, 3.63) is 72.8 Å². The minimum absolute atomic E-state index is 0.0804. The van der Waals surface area contributed by atoms with E-state index in [4.69, 9.17) is 0 Å². The number of nitro groups is 1. The van der Waals surface area contributed by atoms with Gasteiger partial charge < -0.3 is 10.6 Å². The van der Waals surface area contributed by atoms with Crippen LogP contribution in [0.15, 0.2) is 42.5 Å². The third-order valence-corrected chi connectivity index (χ3v) is 4.98. The van der Waals surface area contributed by atoms with E-state index in [2.05, 4.69) is 10.6 Å². The molecule has 8 heteroatoms. The van der Waals surface area contributed by atoms with Gasteiger partial charge in [-0.25, -0.2) is 0 Å². The third kappa shape index (κ3) is 5.75. The molecule has 0 saturated carbocycles. The quantitative estimate of drug-likeness (QED) is 0.358. The molecule has 0 aliphatic rings. The van der Waals surface area contributed by atoms with Crippen LogP contribution >= 0.6 is 22.6 Å². The summed E-state index contributed by atoms with van der Waals surface area (Å²) in [6.07, 6.45) is 0.837. The third-order valence-electron chi connectivity index (χ3n) is 4.04. The number of amides is 2. The molecule has 0 aliphatic carbocycles. The average Bonchev–Trinajstić information content (AvgIpc) is 2.66. The molecule has 0 saturated heterocycles. The Balaban J connectivity index is 2.08. The molecule has 0 aromatic heterocycles. The van der Waals surface area contributed by atoms with Crippen molar-refractivity contribution in [1.82, 2.24) is 10.6 Å². The molecule has 2 amide bonds. The van der Waals surface area contributed by atoms with Crippen molar-refractivity contribution in [3.63, 3.8) is 0 Å². The molecule has 0 fully saturated rings. The predicted octanol–water partition coefficient (Wildman–Crippen LogP) is 3.66. The van der Waals surface area contributed by atoms with Gasteiger partial charge in [0, 0.05) is 33.9 Å². The first-order chi connectivity index (χ1) is 12.8. The Morgan fingerprint density at radius 2 is 1.93 bits per heavy atom. The molecule has 2 rings (SSSR count). The lowest BCUT2D eigenvalue weighted by molar-refractivity contribution is -0.384. The van der Waals surface area contributed by atoms with E-state index in [1.54, 1.807) is 24.3 Å². The second kappa shape index (κ2) is 9.45. The van der Waals surface area contributed by atoms with Crippen LogP contribution in [0.5, 0.6) is 0 Å². The van der Waals surface area contributed by atoms with Gasteiger partial charge in [0.25, 0.3) is 17.5 Å². The van der Waals surface area contributed by atoms with Gasteiger partial charge in [-0.05, 0) is 59.7 Å². The van der Waals surface area contributed by atoms with Crippen molar-refractivity contribution in [2.75, 3.05) is 0 Å². The fourth-order valence-corrected chi connectivity index (χ4v) is 2.89. The second-order valence-corrected chi connectivity index (χ2v) is 7.25. The predicted molar refractivity (Wildman–Crippen MR) is 111 cm³/mol. The van der Waals surface area contributed by atoms with Crippen molar-refractivity contribution < 1.29 is 14.5 Å². The molecule has 2 aromatic rings. The van der Waals surface area contributed by atoms with E-state index in [0.717, 1.165) is 12.0 Å². The van der Waals surface area contributed by atoms with Crippen LogP contribution in [0.2, 0.25) is 0 Å². The van der Waals surface area contributed by atoms with Crippen LogP contribution in [0.3, 0.4) is 0 Å². The number of carbonyl (C=O) groups is 2. The van der Waals surface area contributed by atoms with E-state index >= 15 is 0 Å². The van der Waals surface area contributed by atoms with Crippen LogP contribution in [0, 0.1) is 13.7 Å². The lowest BCUT2D eigenvalue weighted by Crippen LogP contribution is -2.32. The number of nitrogens with one attached hydrogen (secondary N) is 2. The summed E-state index contributed by atoms with van der Waals surface area (Å²) in [6, 6.07) is 11.2. The molecule has 7 nitrogen and oxygen atoms in total. The first-order valence-corrected chi connectivity index (χ1v) is 9.51. The SMILES string of the molecule is CCC(C)NC(=O)c1cccc(CNC(=O)c2cc([N+](=O)[O-])ccc2I)c1. The molecule has 0 radical (unpaired) electrons. The van der Waals surface area contributed by atoms with E-state index in [-0.39, 0.29) is 29.7 Å². The van der Waals surface area contributed by atoms with Gasteiger partial charge in [-0.3, -0.25) is 19.7 Å². The Hall–Kier alpha value is -2.49. The molecule has 1 unspecified atom stereocenters. The Labute approximate surface area is 170 Å². The van der Waals surface area contributed by atoms with E-state index in [9.17, 15) is 19.7 Å². The number of benzene rings is 2. The van der Waals surface area contributed by atoms with Crippen LogP contribution in [-0.2, 0) is 6.54 Å². The molecular formula is C19H20IN3O4. The Morgan fingerprint density at radius 1 is 1.19 bits per heavy atom. The molecular weight excluding hydrogens is 461 g/mol. The van der Waals surface area contributed by atoms with Crippen molar-refractivity contribution in [2.45, 2.75) is 32.9 Å². The van der Waals surface area contributed by atoms with Gasteiger partial charge in [-0.2, -0.15) is 0 Å². The van der Waals surface area contributed by atoms with Gasteiger partial charge in [0.2, 0.25) is 0 Å². The highest BCUT2D eigenvalue weighted by atomic mass is 127. The molecule has 0 spiro atoms.